The van der Waals surface area contributed by atoms with Gasteiger partial charge in [0.05, 0.1) is 0 Å². The van der Waals surface area contributed by atoms with Crippen molar-refractivity contribution in [3.8, 4) is 0 Å². The van der Waals surface area contributed by atoms with Crippen molar-refractivity contribution in [3.63, 3.8) is 0 Å². The average molecular weight is 268 g/mol. The Morgan fingerprint density at radius 1 is 0.941 bits per heavy atom. The third kappa shape index (κ3) is 2.13. The summed E-state index contributed by atoms with van der Waals surface area (Å²) in [6.07, 6.45) is 2.06. The van der Waals surface area contributed by atoms with Crippen LogP contribution in [0.4, 0.5) is 17.6 Å². The smallest absolute Gasteiger partial charge is 0.180 e. The van der Waals surface area contributed by atoms with Gasteiger partial charge in [-0.2, -0.15) is 0 Å². The van der Waals surface area contributed by atoms with Gasteiger partial charge < -0.3 is 5.32 Å². The maximum atomic E-state index is 13.6. The minimum atomic E-state index is -1.53. The van der Waals surface area contributed by atoms with Crippen molar-refractivity contribution < 1.29 is 17.6 Å². The van der Waals surface area contributed by atoms with Crippen molar-refractivity contribution in [1.29, 1.82) is 0 Å². The summed E-state index contributed by atoms with van der Waals surface area (Å²) in [5.74, 6) is -5.89. The van der Waals surface area contributed by atoms with Crippen LogP contribution < -0.4 is 5.32 Å². The van der Waals surface area contributed by atoms with Crippen molar-refractivity contribution in [2.75, 3.05) is 6.54 Å². The summed E-state index contributed by atoms with van der Waals surface area (Å²) in [7, 11) is 0. The molecule has 1 fully saturated rings. The van der Waals surface area contributed by atoms with Gasteiger partial charge in [-0.15, -0.1) is 0 Å². The van der Waals surface area contributed by atoms with Crippen LogP contribution in [0, 0.1) is 23.3 Å². The monoisotopic (exact) mass is 267 g/mol. The topological polar surface area (TPSA) is 12.0 Å². The van der Waals surface area contributed by atoms with Crippen LogP contribution in [0.2, 0.25) is 5.02 Å². The van der Waals surface area contributed by atoms with Gasteiger partial charge in [-0.25, -0.2) is 17.6 Å². The van der Waals surface area contributed by atoms with Crippen LogP contribution in [0.15, 0.2) is 0 Å². The van der Waals surface area contributed by atoms with Gasteiger partial charge in [-0.05, 0) is 19.4 Å². The van der Waals surface area contributed by atoms with Gasteiger partial charge in [0.25, 0.3) is 0 Å². The van der Waals surface area contributed by atoms with Gasteiger partial charge in [0.1, 0.15) is 5.02 Å². The van der Waals surface area contributed by atoms with Crippen LogP contribution in [-0.4, -0.2) is 6.54 Å². The number of nitrogens with one attached hydrogen (secondary N) is 1. The lowest BCUT2D eigenvalue weighted by Crippen LogP contribution is -2.29. The largest absolute Gasteiger partial charge is 0.310 e. The standard InChI is InChI=1S/C11H10ClF4N/c12-7-10(15)8(13)6(9(14)11(7)16)5-3-1-2-4-17-5/h5,17H,1-4H2. The number of hydrogen-bond acceptors (Lipinski definition) is 1. The van der Waals surface area contributed by atoms with E-state index in [0.717, 1.165) is 12.8 Å². The Labute approximate surface area is 101 Å². The number of hydrogen-bond donors (Lipinski definition) is 1. The first kappa shape index (κ1) is 12.6. The highest BCUT2D eigenvalue weighted by Crippen LogP contribution is 2.34. The summed E-state index contributed by atoms with van der Waals surface area (Å²) in [5, 5.41) is 1.70. The van der Waals surface area contributed by atoms with Crippen molar-refractivity contribution in [2.24, 2.45) is 0 Å². The van der Waals surface area contributed by atoms with Crippen molar-refractivity contribution in [3.05, 3.63) is 33.9 Å². The molecular weight excluding hydrogens is 258 g/mol. The molecule has 1 aliphatic heterocycles. The first-order valence-corrected chi connectivity index (χ1v) is 5.66. The Morgan fingerprint density at radius 3 is 2.00 bits per heavy atom. The van der Waals surface area contributed by atoms with Crippen LogP contribution in [0.25, 0.3) is 0 Å². The third-order valence-corrected chi connectivity index (χ3v) is 3.23. The highest BCUT2D eigenvalue weighted by Gasteiger charge is 2.29. The number of piperidine rings is 1. The molecule has 1 saturated heterocycles. The van der Waals surface area contributed by atoms with E-state index in [2.05, 4.69) is 5.32 Å². The quantitative estimate of drug-likeness (QED) is 0.465. The van der Waals surface area contributed by atoms with Crippen LogP contribution in [0.3, 0.4) is 0 Å². The predicted octanol–water partition coefficient (Wildman–Crippen LogP) is 3.71. The molecule has 1 aromatic rings. The fraction of sp³-hybridized carbons (Fsp3) is 0.455. The summed E-state index contributed by atoms with van der Waals surface area (Å²) in [6, 6.07) is -0.704. The van der Waals surface area contributed by atoms with Crippen LogP contribution >= 0.6 is 11.6 Å². The second-order valence-electron chi connectivity index (χ2n) is 3.99. The van der Waals surface area contributed by atoms with E-state index in [-0.39, 0.29) is 0 Å². The second kappa shape index (κ2) is 4.82. The molecule has 0 aromatic heterocycles. The van der Waals surface area contributed by atoms with Crippen LogP contribution in [0.1, 0.15) is 30.9 Å². The van der Waals surface area contributed by atoms with Gasteiger partial charge in [-0.1, -0.05) is 18.0 Å². The van der Waals surface area contributed by atoms with E-state index < -0.39 is 39.9 Å². The summed E-state index contributed by atoms with van der Waals surface area (Å²) in [4.78, 5) is 0. The zero-order chi connectivity index (χ0) is 12.6. The third-order valence-electron chi connectivity index (χ3n) is 2.90. The molecule has 2 rings (SSSR count). The van der Waals surface area contributed by atoms with Crippen molar-refractivity contribution in [1.82, 2.24) is 5.32 Å². The van der Waals surface area contributed by atoms with E-state index in [1.807, 2.05) is 0 Å². The molecule has 0 saturated carbocycles. The minimum absolute atomic E-state index is 0.439. The molecule has 0 amide bonds. The molecule has 1 aromatic carbocycles. The molecule has 0 radical (unpaired) electrons. The summed E-state index contributed by atoms with van der Waals surface area (Å²) in [6.45, 7) is 0.565. The highest BCUT2D eigenvalue weighted by atomic mass is 35.5. The van der Waals surface area contributed by atoms with Gasteiger partial charge in [0.2, 0.25) is 0 Å². The molecule has 1 nitrogen and oxygen atoms in total. The summed E-state index contributed by atoms with van der Waals surface area (Å²) < 4.78 is 53.7. The van der Waals surface area contributed by atoms with E-state index in [0.29, 0.717) is 13.0 Å². The van der Waals surface area contributed by atoms with Crippen molar-refractivity contribution in [2.45, 2.75) is 25.3 Å². The predicted molar refractivity (Wildman–Crippen MR) is 55.9 cm³/mol. The molecule has 0 bridgehead atoms. The molecule has 94 valence electrons. The van der Waals surface area contributed by atoms with E-state index >= 15 is 0 Å². The molecule has 0 spiro atoms. The first-order chi connectivity index (χ1) is 8.04. The first-order valence-electron chi connectivity index (χ1n) is 5.28. The van der Waals surface area contributed by atoms with Gasteiger partial charge in [-0.3, -0.25) is 0 Å². The van der Waals surface area contributed by atoms with Crippen LogP contribution in [0.5, 0.6) is 0 Å². The molecule has 1 unspecified atom stereocenters. The number of halogens is 5. The Hall–Kier alpha value is -0.810. The molecule has 0 aliphatic carbocycles. The number of rotatable bonds is 1. The second-order valence-corrected chi connectivity index (χ2v) is 4.36. The molecule has 1 aliphatic rings. The molecule has 1 heterocycles. The van der Waals surface area contributed by atoms with E-state index in [9.17, 15) is 17.6 Å². The normalized spacial score (nSPS) is 20.6. The lowest BCUT2D eigenvalue weighted by molar-refractivity contribution is 0.363. The maximum Gasteiger partial charge on any atom is 0.180 e. The lowest BCUT2D eigenvalue weighted by atomic mass is 9.96. The lowest BCUT2D eigenvalue weighted by Gasteiger charge is -2.25. The molecule has 17 heavy (non-hydrogen) atoms. The van der Waals surface area contributed by atoms with Gasteiger partial charge in [0, 0.05) is 11.6 Å². The van der Waals surface area contributed by atoms with E-state index in [4.69, 9.17) is 11.6 Å². The average Bonchev–Trinajstić information content (AvgIpc) is 2.36. The zero-order valence-electron chi connectivity index (χ0n) is 8.80. The van der Waals surface area contributed by atoms with Gasteiger partial charge in [0.15, 0.2) is 23.3 Å². The van der Waals surface area contributed by atoms with E-state index in [1.54, 1.807) is 0 Å². The van der Waals surface area contributed by atoms with Gasteiger partial charge >= 0.3 is 0 Å². The fourth-order valence-electron chi connectivity index (χ4n) is 2.03. The van der Waals surface area contributed by atoms with Crippen molar-refractivity contribution >= 4 is 11.6 Å². The Bertz CT molecular complexity index is 415. The Morgan fingerprint density at radius 2 is 1.53 bits per heavy atom. The Kier molecular flexibility index (Phi) is 3.58. The zero-order valence-corrected chi connectivity index (χ0v) is 9.55. The molecule has 1 N–H and O–H groups in total. The Balaban J connectivity index is 2.52. The minimum Gasteiger partial charge on any atom is -0.310 e. The molecule has 6 heteroatoms. The van der Waals surface area contributed by atoms with Crippen LogP contribution in [-0.2, 0) is 0 Å². The fourth-order valence-corrected chi connectivity index (χ4v) is 2.19. The maximum absolute atomic E-state index is 13.6. The SMILES string of the molecule is Fc1c(F)c(C2CCCCN2)c(F)c(F)c1Cl. The highest BCUT2D eigenvalue weighted by molar-refractivity contribution is 6.30. The molecule has 1 atom stereocenters. The molecular formula is C11H10ClF4N. The summed E-state index contributed by atoms with van der Waals surface area (Å²) in [5.41, 5.74) is -0.593. The number of benzene rings is 1. The van der Waals surface area contributed by atoms with E-state index in [1.165, 1.54) is 0 Å². The summed E-state index contributed by atoms with van der Waals surface area (Å²) >= 11 is 5.15.